The lowest BCUT2D eigenvalue weighted by Gasteiger charge is -2.34. The molecule has 0 spiro atoms. The van der Waals surface area contributed by atoms with Gasteiger partial charge in [-0.2, -0.15) is 0 Å². The van der Waals surface area contributed by atoms with Gasteiger partial charge in [0.25, 0.3) is 0 Å². The first-order chi connectivity index (χ1) is 8.65. The Morgan fingerprint density at radius 3 is 2.39 bits per heavy atom. The highest BCUT2D eigenvalue weighted by molar-refractivity contribution is 9.10. The van der Waals surface area contributed by atoms with Crippen molar-refractivity contribution in [3.05, 3.63) is 34.3 Å². The summed E-state index contributed by atoms with van der Waals surface area (Å²) in [5, 5.41) is 3.62. The van der Waals surface area contributed by atoms with Gasteiger partial charge in [0, 0.05) is 10.5 Å². The molecule has 1 fully saturated rings. The number of halogens is 1. The summed E-state index contributed by atoms with van der Waals surface area (Å²) in [6, 6.07) is 9.42. The van der Waals surface area contributed by atoms with Crippen LogP contribution < -0.4 is 5.32 Å². The van der Waals surface area contributed by atoms with Crippen LogP contribution in [0.2, 0.25) is 0 Å². The van der Waals surface area contributed by atoms with E-state index in [9.17, 15) is 0 Å². The Morgan fingerprint density at radius 1 is 1.22 bits per heavy atom. The average Bonchev–Trinajstić information content (AvgIpc) is 2.26. The lowest BCUT2D eigenvalue weighted by molar-refractivity contribution is 0.197. The first kappa shape index (κ1) is 14.1. The number of hydrogen-bond donors (Lipinski definition) is 1. The Balaban J connectivity index is 1.93. The summed E-state index contributed by atoms with van der Waals surface area (Å²) >= 11 is 3.50. The molecule has 2 heteroatoms. The molecular weight excluding hydrogens is 286 g/mol. The molecule has 0 amide bonds. The summed E-state index contributed by atoms with van der Waals surface area (Å²) in [6.07, 6.45) is 5.52. The molecule has 1 saturated carbocycles. The van der Waals surface area contributed by atoms with E-state index in [0.717, 1.165) is 11.8 Å². The second kappa shape index (κ2) is 6.72. The van der Waals surface area contributed by atoms with E-state index in [-0.39, 0.29) is 0 Å². The first-order valence-corrected chi connectivity index (χ1v) is 7.92. The third kappa shape index (κ3) is 4.10. The smallest absolute Gasteiger partial charge is 0.0175 e. The van der Waals surface area contributed by atoms with Crippen LogP contribution in [0.15, 0.2) is 28.7 Å². The zero-order valence-corrected chi connectivity index (χ0v) is 13.0. The van der Waals surface area contributed by atoms with Crippen molar-refractivity contribution in [2.75, 3.05) is 6.54 Å². The second-order valence-corrected chi connectivity index (χ2v) is 6.76. The maximum Gasteiger partial charge on any atom is 0.0175 e. The molecule has 0 aliphatic heterocycles. The Labute approximate surface area is 119 Å². The maximum absolute atomic E-state index is 3.62. The lowest BCUT2D eigenvalue weighted by Crippen LogP contribution is -2.36. The zero-order valence-electron chi connectivity index (χ0n) is 11.5. The number of rotatable bonds is 6. The highest BCUT2D eigenvalue weighted by Gasteiger charge is 2.27. The highest BCUT2D eigenvalue weighted by Crippen LogP contribution is 2.35. The van der Waals surface area contributed by atoms with E-state index in [1.807, 2.05) is 0 Å². The highest BCUT2D eigenvalue weighted by atomic mass is 79.9. The van der Waals surface area contributed by atoms with Gasteiger partial charge in [0.15, 0.2) is 0 Å². The Bertz CT molecular complexity index is 354. The van der Waals surface area contributed by atoms with Crippen LogP contribution in [0.25, 0.3) is 0 Å². The molecule has 1 aromatic carbocycles. The molecule has 100 valence electrons. The predicted octanol–water partition coefficient (Wildman–Crippen LogP) is 4.41. The van der Waals surface area contributed by atoms with E-state index < -0.39 is 0 Å². The minimum atomic E-state index is 0.595. The molecule has 0 bridgehead atoms. The summed E-state index contributed by atoms with van der Waals surface area (Å²) in [6.45, 7) is 5.63. The first-order valence-electron chi connectivity index (χ1n) is 7.13. The molecule has 0 heterocycles. The van der Waals surface area contributed by atoms with Crippen LogP contribution in [-0.2, 0) is 6.42 Å². The fourth-order valence-corrected chi connectivity index (χ4v) is 2.89. The Hall–Kier alpha value is -0.340. The monoisotopic (exact) mass is 309 g/mol. The minimum Gasteiger partial charge on any atom is -0.314 e. The van der Waals surface area contributed by atoms with Crippen molar-refractivity contribution in [1.29, 1.82) is 0 Å². The van der Waals surface area contributed by atoms with E-state index >= 15 is 0 Å². The van der Waals surface area contributed by atoms with Gasteiger partial charge in [-0.1, -0.05) is 61.2 Å². The van der Waals surface area contributed by atoms with Crippen molar-refractivity contribution in [1.82, 2.24) is 5.32 Å². The number of hydrogen-bond acceptors (Lipinski definition) is 1. The Morgan fingerprint density at radius 2 is 1.89 bits per heavy atom. The quantitative estimate of drug-likeness (QED) is 0.821. The molecule has 0 aromatic heterocycles. The van der Waals surface area contributed by atoms with E-state index in [4.69, 9.17) is 0 Å². The number of nitrogens with one attached hydrogen (secondary N) is 1. The van der Waals surface area contributed by atoms with Crippen LogP contribution in [0, 0.1) is 11.8 Å². The molecule has 1 aliphatic carbocycles. The van der Waals surface area contributed by atoms with E-state index in [0.29, 0.717) is 6.04 Å². The second-order valence-electron chi connectivity index (χ2n) is 5.84. The standard InChI is InChI=1S/C16H24BrN/c1-12(2)18-11-15(14-4-3-5-14)10-13-6-8-16(17)9-7-13/h6-9,12,14-15,18H,3-5,10-11H2,1-2H3. The van der Waals surface area contributed by atoms with Crippen molar-refractivity contribution in [3.8, 4) is 0 Å². The lowest BCUT2D eigenvalue weighted by atomic mass is 9.73. The van der Waals surface area contributed by atoms with Gasteiger partial charge in [0.1, 0.15) is 0 Å². The zero-order chi connectivity index (χ0) is 13.0. The van der Waals surface area contributed by atoms with Gasteiger partial charge in [0.2, 0.25) is 0 Å². The van der Waals surface area contributed by atoms with Crippen LogP contribution in [0.3, 0.4) is 0 Å². The molecule has 1 aromatic rings. The van der Waals surface area contributed by atoms with Crippen LogP contribution in [0.5, 0.6) is 0 Å². The SMILES string of the molecule is CC(C)NCC(Cc1ccc(Br)cc1)C1CCC1. The van der Waals surface area contributed by atoms with Gasteiger partial charge in [0.05, 0.1) is 0 Å². The molecule has 1 unspecified atom stereocenters. The molecule has 1 aliphatic rings. The summed E-state index contributed by atoms with van der Waals surface area (Å²) in [4.78, 5) is 0. The van der Waals surface area contributed by atoms with Gasteiger partial charge in [-0.05, 0) is 42.5 Å². The fraction of sp³-hybridized carbons (Fsp3) is 0.625. The summed E-state index contributed by atoms with van der Waals surface area (Å²) < 4.78 is 1.17. The molecule has 1 atom stereocenters. The summed E-state index contributed by atoms with van der Waals surface area (Å²) in [5.41, 5.74) is 1.47. The molecule has 18 heavy (non-hydrogen) atoms. The van der Waals surface area contributed by atoms with Gasteiger partial charge < -0.3 is 5.32 Å². The van der Waals surface area contributed by atoms with Crippen molar-refractivity contribution in [3.63, 3.8) is 0 Å². The van der Waals surface area contributed by atoms with Crippen LogP contribution in [0.4, 0.5) is 0 Å². The van der Waals surface area contributed by atoms with Crippen molar-refractivity contribution < 1.29 is 0 Å². The van der Waals surface area contributed by atoms with E-state index in [1.165, 1.54) is 42.3 Å². The third-order valence-corrected chi connectivity index (χ3v) is 4.54. The number of benzene rings is 1. The molecule has 0 saturated heterocycles. The van der Waals surface area contributed by atoms with E-state index in [1.54, 1.807) is 0 Å². The topological polar surface area (TPSA) is 12.0 Å². The van der Waals surface area contributed by atoms with E-state index in [2.05, 4.69) is 59.4 Å². The molecular formula is C16H24BrN. The molecule has 1 nitrogen and oxygen atoms in total. The van der Waals surface area contributed by atoms with Gasteiger partial charge in [-0.15, -0.1) is 0 Å². The van der Waals surface area contributed by atoms with Crippen LogP contribution in [0.1, 0.15) is 38.7 Å². The average molecular weight is 310 g/mol. The van der Waals surface area contributed by atoms with Crippen molar-refractivity contribution in [2.45, 2.75) is 45.6 Å². The van der Waals surface area contributed by atoms with Crippen molar-refractivity contribution in [2.24, 2.45) is 11.8 Å². The summed E-state index contributed by atoms with van der Waals surface area (Å²) in [5.74, 6) is 1.75. The summed E-state index contributed by atoms with van der Waals surface area (Å²) in [7, 11) is 0. The van der Waals surface area contributed by atoms with Gasteiger partial charge in [-0.25, -0.2) is 0 Å². The Kier molecular flexibility index (Phi) is 5.25. The maximum atomic E-state index is 3.62. The largest absolute Gasteiger partial charge is 0.314 e. The predicted molar refractivity (Wildman–Crippen MR) is 81.8 cm³/mol. The van der Waals surface area contributed by atoms with Crippen LogP contribution >= 0.6 is 15.9 Å². The normalized spacial score (nSPS) is 17.8. The third-order valence-electron chi connectivity index (χ3n) is 4.02. The molecule has 2 rings (SSSR count). The minimum absolute atomic E-state index is 0.595. The van der Waals surface area contributed by atoms with Gasteiger partial charge >= 0.3 is 0 Å². The molecule has 0 radical (unpaired) electrons. The van der Waals surface area contributed by atoms with Gasteiger partial charge in [-0.3, -0.25) is 0 Å². The molecule has 1 N–H and O–H groups in total. The van der Waals surface area contributed by atoms with Crippen LogP contribution in [-0.4, -0.2) is 12.6 Å². The fourth-order valence-electron chi connectivity index (χ4n) is 2.63. The van der Waals surface area contributed by atoms with Crippen molar-refractivity contribution >= 4 is 15.9 Å².